The number of phenolic OH excluding ortho intramolecular Hbond substituents is 2. The molecule has 0 bridgehead atoms. The normalized spacial score (nSPS) is 11.4. The highest BCUT2D eigenvalue weighted by Crippen LogP contribution is 2.48. The van der Waals surface area contributed by atoms with E-state index < -0.39 is 5.41 Å². The van der Waals surface area contributed by atoms with Crippen molar-refractivity contribution in [2.24, 2.45) is 0 Å². The zero-order valence-corrected chi connectivity index (χ0v) is 23.8. The number of hydrogen-bond donors (Lipinski definition) is 2. The van der Waals surface area contributed by atoms with Crippen LogP contribution in [0, 0.1) is 0 Å². The van der Waals surface area contributed by atoms with Gasteiger partial charge in [0.15, 0.2) is 23.0 Å². The number of hydrogen-bond acceptors (Lipinski definition) is 6. The molecule has 0 aliphatic heterocycles. The van der Waals surface area contributed by atoms with Gasteiger partial charge in [-0.25, -0.2) is 0 Å². The monoisotopic (exact) mass is 516 g/mol. The minimum atomic E-state index is -0.615. The Bertz CT molecular complexity index is 878. The molecule has 0 radical (unpaired) electrons. The van der Waals surface area contributed by atoms with Crippen LogP contribution in [0.1, 0.15) is 104 Å². The number of rotatable bonds is 18. The van der Waals surface area contributed by atoms with Gasteiger partial charge in [-0.15, -0.1) is 0 Å². The van der Waals surface area contributed by atoms with E-state index in [0.717, 1.165) is 62.5 Å². The van der Waals surface area contributed by atoms with Gasteiger partial charge in [0.1, 0.15) is 11.5 Å². The van der Waals surface area contributed by atoms with Crippen LogP contribution in [0.4, 0.5) is 0 Å². The van der Waals surface area contributed by atoms with E-state index >= 15 is 0 Å². The summed E-state index contributed by atoms with van der Waals surface area (Å²) in [4.78, 5) is 0. The van der Waals surface area contributed by atoms with Gasteiger partial charge in [0.2, 0.25) is 0 Å². The Morgan fingerprint density at radius 3 is 1.11 bits per heavy atom. The van der Waals surface area contributed by atoms with Crippen LogP contribution in [-0.4, -0.2) is 36.6 Å². The predicted octanol–water partition coefficient (Wildman–Crippen LogP) is 8.14. The molecule has 0 aliphatic carbocycles. The van der Waals surface area contributed by atoms with E-state index in [4.69, 9.17) is 18.9 Å². The third kappa shape index (κ3) is 8.65. The molecule has 0 aliphatic rings. The van der Waals surface area contributed by atoms with Crippen molar-refractivity contribution in [1.82, 2.24) is 0 Å². The van der Waals surface area contributed by atoms with Gasteiger partial charge in [-0.3, -0.25) is 0 Å². The van der Waals surface area contributed by atoms with Crippen LogP contribution >= 0.6 is 0 Å². The largest absolute Gasteiger partial charge is 0.504 e. The van der Waals surface area contributed by atoms with Crippen molar-refractivity contribution < 1.29 is 29.2 Å². The molecule has 0 amide bonds. The first kappa shape index (κ1) is 30.5. The first-order valence-corrected chi connectivity index (χ1v) is 14.1. The van der Waals surface area contributed by atoms with E-state index in [1.165, 1.54) is 0 Å². The van der Waals surface area contributed by atoms with E-state index in [0.29, 0.717) is 49.4 Å². The molecule has 37 heavy (non-hydrogen) atoms. The third-order valence-electron chi connectivity index (χ3n) is 6.49. The van der Waals surface area contributed by atoms with Gasteiger partial charge in [0.05, 0.1) is 26.4 Å². The van der Waals surface area contributed by atoms with E-state index in [9.17, 15) is 10.2 Å². The maximum absolute atomic E-state index is 10.7. The Labute approximate surface area is 223 Å². The second-order valence-electron chi connectivity index (χ2n) is 10.1. The molecule has 6 nitrogen and oxygen atoms in total. The summed E-state index contributed by atoms with van der Waals surface area (Å²) in [6, 6.07) is 7.08. The molecule has 6 heteroatoms. The first-order valence-electron chi connectivity index (χ1n) is 14.1. The fraction of sp³-hybridized carbons (Fsp3) is 0.613. The van der Waals surface area contributed by atoms with Gasteiger partial charge in [0.25, 0.3) is 0 Å². The Kier molecular flexibility index (Phi) is 12.7. The fourth-order valence-corrected chi connectivity index (χ4v) is 4.00. The Morgan fingerprint density at radius 1 is 0.514 bits per heavy atom. The molecule has 2 aromatic rings. The molecule has 2 rings (SSSR count). The van der Waals surface area contributed by atoms with Gasteiger partial charge in [-0.1, -0.05) is 67.2 Å². The first-order chi connectivity index (χ1) is 17.8. The van der Waals surface area contributed by atoms with Crippen LogP contribution in [-0.2, 0) is 5.41 Å². The highest BCUT2D eigenvalue weighted by Gasteiger charge is 2.33. The summed E-state index contributed by atoms with van der Waals surface area (Å²) in [5.74, 6) is 2.23. The average molecular weight is 517 g/mol. The molecule has 0 unspecified atom stereocenters. The van der Waals surface area contributed by atoms with Gasteiger partial charge in [-0.05, 0) is 37.8 Å². The van der Waals surface area contributed by atoms with E-state index in [1.807, 2.05) is 12.1 Å². The Balaban J connectivity index is 2.62. The number of benzene rings is 2. The maximum atomic E-state index is 10.7. The van der Waals surface area contributed by atoms with E-state index in [1.54, 1.807) is 12.1 Å². The Morgan fingerprint density at radius 2 is 0.811 bits per heavy atom. The highest BCUT2D eigenvalue weighted by atomic mass is 16.5. The highest BCUT2D eigenvalue weighted by molar-refractivity contribution is 5.60. The summed E-state index contributed by atoms with van der Waals surface area (Å²) in [6.07, 6.45) is 7.65. The Hall–Kier alpha value is -2.76. The molecule has 2 aromatic carbocycles. The summed E-state index contributed by atoms with van der Waals surface area (Å²) < 4.78 is 24.3. The van der Waals surface area contributed by atoms with Crippen LogP contribution in [0.5, 0.6) is 34.5 Å². The van der Waals surface area contributed by atoms with Crippen LogP contribution in [0.15, 0.2) is 24.3 Å². The quantitative estimate of drug-likeness (QED) is 0.195. The lowest BCUT2D eigenvalue weighted by Gasteiger charge is -2.31. The molecule has 2 N–H and O–H groups in total. The number of aromatic hydroxyl groups is 2. The molecular formula is C31H48O6. The van der Waals surface area contributed by atoms with Crippen molar-refractivity contribution in [1.29, 1.82) is 0 Å². The lowest BCUT2D eigenvalue weighted by atomic mass is 9.76. The SMILES string of the molecule is CCCCOc1cc(C(C)(C)c2cc(OCCCC)c(O)cc2OCCCC)c(OCCCC)cc1O. The molecular weight excluding hydrogens is 468 g/mol. The molecule has 0 aromatic heterocycles. The molecule has 0 heterocycles. The second kappa shape index (κ2) is 15.5. The molecule has 208 valence electrons. The van der Waals surface area contributed by atoms with Crippen LogP contribution in [0.3, 0.4) is 0 Å². The van der Waals surface area contributed by atoms with Gasteiger partial charge in [0, 0.05) is 28.7 Å². The van der Waals surface area contributed by atoms with Crippen LogP contribution in [0.2, 0.25) is 0 Å². The van der Waals surface area contributed by atoms with Crippen LogP contribution < -0.4 is 18.9 Å². The van der Waals surface area contributed by atoms with Gasteiger partial charge >= 0.3 is 0 Å². The van der Waals surface area contributed by atoms with Crippen LogP contribution in [0.25, 0.3) is 0 Å². The van der Waals surface area contributed by atoms with Crippen molar-refractivity contribution in [3.63, 3.8) is 0 Å². The topological polar surface area (TPSA) is 77.4 Å². The zero-order valence-electron chi connectivity index (χ0n) is 23.8. The molecule has 0 spiro atoms. The third-order valence-corrected chi connectivity index (χ3v) is 6.49. The second-order valence-corrected chi connectivity index (χ2v) is 10.1. The van der Waals surface area contributed by atoms with E-state index in [-0.39, 0.29) is 11.5 Å². The molecule has 0 saturated heterocycles. The molecule has 0 fully saturated rings. The zero-order chi connectivity index (χ0) is 27.3. The summed E-state index contributed by atoms with van der Waals surface area (Å²) in [5.41, 5.74) is 1.13. The van der Waals surface area contributed by atoms with Crippen molar-refractivity contribution in [2.75, 3.05) is 26.4 Å². The molecule has 0 atom stereocenters. The summed E-state index contributed by atoms with van der Waals surface area (Å²) >= 11 is 0. The summed E-state index contributed by atoms with van der Waals surface area (Å²) in [6.45, 7) is 14.8. The lowest BCUT2D eigenvalue weighted by Crippen LogP contribution is -2.22. The maximum Gasteiger partial charge on any atom is 0.161 e. The van der Waals surface area contributed by atoms with Gasteiger partial charge < -0.3 is 29.2 Å². The molecule has 0 saturated carbocycles. The average Bonchev–Trinajstić information content (AvgIpc) is 2.86. The van der Waals surface area contributed by atoms with Gasteiger partial charge in [-0.2, -0.15) is 0 Å². The number of unbranched alkanes of at least 4 members (excludes halogenated alkanes) is 4. The van der Waals surface area contributed by atoms with E-state index in [2.05, 4.69) is 41.5 Å². The number of phenols is 2. The van der Waals surface area contributed by atoms with Crippen molar-refractivity contribution >= 4 is 0 Å². The minimum Gasteiger partial charge on any atom is -0.504 e. The fourth-order valence-electron chi connectivity index (χ4n) is 4.00. The summed E-state index contributed by atoms with van der Waals surface area (Å²) in [5, 5.41) is 21.4. The minimum absolute atomic E-state index is 0.0656. The van der Waals surface area contributed by atoms with Crippen molar-refractivity contribution in [3.8, 4) is 34.5 Å². The predicted molar refractivity (Wildman–Crippen MR) is 150 cm³/mol. The lowest BCUT2D eigenvalue weighted by molar-refractivity contribution is 0.276. The standard InChI is InChI=1S/C31H48O6/c1-7-11-15-34-27-21-25(32)29(36-17-13-9-3)19-23(27)31(5,6)24-20-30(37-18-14-10-4)26(33)22-28(24)35-16-12-8-2/h19-22,32-33H,7-18H2,1-6H3. The number of ether oxygens (including phenoxy) is 4. The van der Waals surface area contributed by atoms with Crippen molar-refractivity contribution in [2.45, 2.75) is 98.3 Å². The van der Waals surface area contributed by atoms with Crippen molar-refractivity contribution in [3.05, 3.63) is 35.4 Å². The smallest absolute Gasteiger partial charge is 0.161 e. The summed E-state index contributed by atoms with van der Waals surface area (Å²) in [7, 11) is 0.